The van der Waals surface area contributed by atoms with Crippen molar-refractivity contribution in [3.05, 3.63) is 34.3 Å². The quantitative estimate of drug-likeness (QED) is 0.849. The van der Waals surface area contributed by atoms with Crippen LogP contribution in [-0.2, 0) is 6.54 Å². The molecule has 0 radical (unpaired) electrons. The van der Waals surface area contributed by atoms with Gasteiger partial charge in [-0.3, -0.25) is 0 Å². The predicted octanol–water partition coefficient (Wildman–Crippen LogP) is 4.30. The maximum Gasteiger partial charge on any atom is 0.0230 e. The zero-order valence-electron chi connectivity index (χ0n) is 13.8. The van der Waals surface area contributed by atoms with E-state index in [1.165, 1.54) is 31.4 Å². The van der Waals surface area contributed by atoms with E-state index in [2.05, 4.69) is 78.4 Å². The molecule has 1 saturated carbocycles. The Labute approximate surface area is 138 Å². The second kappa shape index (κ2) is 7.26. The summed E-state index contributed by atoms with van der Waals surface area (Å²) in [6.45, 7) is 7.03. The number of hydrogen-bond donors (Lipinski definition) is 1. The Balaban J connectivity index is 1.93. The number of nitrogens with one attached hydrogen (secondary N) is 1. The first kappa shape index (κ1) is 17.0. The molecule has 0 spiro atoms. The first-order valence-electron chi connectivity index (χ1n) is 8.00. The van der Waals surface area contributed by atoms with Gasteiger partial charge >= 0.3 is 0 Å². The van der Waals surface area contributed by atoms with Gasteiger partial charge in [0.1, 0.15) is 0 Å². The van der Waals surface area contributed by atoms with Gasteiger partial charge in [-0.15, -0.1) is 0 Å². The van der Waals surface area contributed by atoms with Crippen LogP contribution in [0.1, 0.15) is 38.7 Å². The molecule has 1 aromatic carbocycles. The Morgan fingerprint density at radius 1 is 1.29 bits per heavy atom. The largest absolute Gasteiger partial charge is 0.317 e. The molecule has 1 fully saturated rings. The van der Waals surface area contributed by atoms with E-state index in [0.717, 1.165) is 16.9 Å². The van der Waals surface area contributed by atoms with Gasteiger partial charge in [0.15, 0.2) is 0 Å². The molecule has 0 bridgehead atoms. The Kier molecular flexibility index (Phi) is 5.87. The van der Waals surface area contributed by atoms with Crippen LogP contribution < -0.4 is 5.32 Å². The molecular weight excluding hydrogens is 324 g/mol. The zero-order valence-corrected chi connectivity index (χ0v) is 15.4. The van der Waals surface area contributed by atoms with E-state index in [9.17, 15) is 0 Å². The normalized spacial score (nSPS) is 25.2. The second-order valence-corrected chi connectivity index (χ2v) is 8.30. The van der Waals surface area contributed by atoms with Gasteiger partial charge in [0.05, 0.1) is 0 Å². The van der Waals surface area contributed by atoms with Crippen LogP contribution in [0.4, 0.5) is 0 Å². The van der Waals surface area contributed by atoms with Crippen LogP contribution in [0.2, 0.25) is 0 Å². The molecule has 2 nitrogen and oxygen atoms in total. The van der Waals surface area contributed by atoms with Gasteiger partial charge < -0.3 is 10.2 Å². The molecular formula is C18H29BrN2. The molecule has 1 aromatic rings. The minimum Gasteiger partial charge on any atom is -0.317 e. The van der Waals surface area contributed by atoms with Crippen molar-refractivity contribution in [3.63, 3.8) is 0 Å². The maximum absolute atomic E-state index is 3.54. The van der Waals surface area contributed by atoms with Gasteiger partial charge in [-0.1, -0.05) is 41.9 Å². The third-order valence-electron chi connectivity index (χ3n) is 4.80. The molecule has 3 heteroatoms. The van der Waals surface area contributed by atoms with Crippen molar-refractivity contribution in [1.29, 1.82) is 0 Å². The number of halogens is 1. The molecule has 1 aliphatic rings. The van der Waals surface area contributed by atoms with E-state index in [-0.39, 0.29) is 0 Å². The van der Waals surface area contributed by atoms with Crippen LogP contribution >= 0.6 is 15.9 Å². The first-order chi connectivity index (χ1) is 9.89. The highest BCUT2D eigenvalue weighted by Gasteiger charge is 2.34. The average molecular weight is 353 g/mol. The lowest BCUT2D eigenvalue weighted by atomic mass is 9.69. The topological polar surface area (TPSA) is 15.3 Å². The molecule has 0 saturated heterocycles. The summed E-state index contributed by atoms with van der Waals surface area (Å²) in [6.07, 6.45) is 3.97. The van der Waals surface area contributed by atoms with E-state index in [1.54, 1.807) is 0 Å². The number of nitrogens with zero attached hydrogens (tertiary/aromatic N) is 1. The zero-order chi connectivity index (χ0) is 15.5. The summed E-state index contributed by atoms with van der Waals surface area (Å²) in [5.41, 5.74) is 1.88. The highest BCUT2D eigenvalue weighted by molar-refractivity contribution is 9.10. The monoisotopic (exact) mass is 352 g/mol. The third kappa shape index (κ3) is 5.08. The van der Waals surface area contributed by atoms with Crippen LogP contribution in [0.5, 0.6) is 0 Å². The summed E-state index contributed by atoms with van der Waals surface area (Å²) < 4.78 is 1.15. The fourth-order valence-corrected chi connectivity index (χ4v) is 3.94. The number of rotatable bonds is 5. The summed E-state index contributed by atoms with van der Waals surface area (Å²) in [4.78, 5) is 2.47. The third-order valence-corrected chi connectivity index (χ3v) is 5.33. The van der Waals surface area contributed by atoms with E-state index in [0.29, 0.717) is 11.5 Å². The van der Waals surface area contributed by atoms with E-state index in [4.69, 9.17) is 0 Å². The fourth-order valence-electron chi connectivity index (χ4n) is 3.67. The van der Waals surface area contributed by atoms with E-state index in [1.807, 2.05) is 0 Å². The van der Waals surface area contributed by atoms with Gasteiger partial charge in [-0.2, -0.15) is 0 Å². The lowest BCUT2D eigenvalue weighted by Gasteiger charge is -2.42. The van der Waals surface area contributed by atoms with Crippen molar-refractivity contribution in [2.24, 2.45) is 11.3 Å². The minimum atomic E-state index is 0.496. The summed E-state index contributed by atoms with van der Waals surface area (Å²) in [5, 5.41) is 3.54. The molecule has 2 atom stereocenters. The van der Waals surface area contributed by atoms with Gasteiger partial charge in [-0.25, -0.2) is 0 Å². The highest BCUT2D eigenvalue weighted by Crippen LogP contribution is 2.39. The molecule has 21 heavy (non-hydrogen) atoms. The van der Waals surface area contributed by atoms with Crippen LogP contribution in [-0.4, -0.2) is 31.6 Å². The molecule has 1 N–H and O–H groups in total. The van der Waals surface area contributed by atoms with Crippen molar-refractivity contribution in [3.8, 4) is 0 Å². The van der Waals surface area contributed by atoms with Gasteiger partial charge in [0, 0.05) is 23.6 Å². The Hall–Kier alpha value is -0.380. The molecule has 0 amide bonds. The summed E-state index contributed by atoms with van der Waals surface area (Å²) >= 11 is 3.50. The minimum absolute atomic E-state index is 0.496. The summed E-state index contributed by atoms with van der Waals surface area (Å²) in [5.74, 6) is 0.749. The lowest BCUT2D eigenvalue weighted by molar-refractivity contribution is 0.110. The second-order valence-electron chi connectivity index (χ2n) is 7.39. The van der Waals surface area contributed by atoms with Crippen LogP contribution in [0, 0.1) is 11.3 Å². The van der Waals surface area contributed by atoms with E-state index < -0.39 is 0 Å². The molecule has 118 valence electrons. The van der Waals surface area contributed by atoms with Crippen molar-refractivity contribution < 1.29 is 0 Å². The van der Waals surface area contributed by atoms with Gasteiger partial charge in [0.25, 0.3) is 0 Å². The standard InChI is InChI=1S/C18H29BrN2/c1-18(2)10-9-17(20-3)15(11-18)13-21(4)12-14-5-7-16(19)8-6-14/h5-8,15,17,20H,9-13H2,1-4H3. The van der Waals surface area contributed by atoms with Crippen molar-refractivity contribution >= 4 is 15.9 Å². The maximum atomic E-state index is 3.54. The van der Waals surface area contributed by atoms with Crippen molar-refractivity contribution in [2.75, 3.05) is 20.6 Å². The molecule has 2 rings (SSSR count). The molecule has 0 aliphatic heterocycles. The molecule has 1 aliphatic carbocycles. The number of benzene rings is 1. The Morgan fingerprint density at radius 3 is 2.57 bits per heavy atom. The Morgan fingerprint density at radius 2 is 1.95 bits per heavy atom. The van der Waals surface area contributed by atoms with Gasteiger partial charge in [0.2, 0.25) is 0 Å². The SMILES string of the molecule is CNC1CCC(C)(C)CC1CN(C)Cc1ccc(Br)cc1. The van der Waals surface area contributed by atoms with Crippen LogP contribution in [0.25, 0.3) is 0 Å². The van der Waals surface area contributed by atoms with Crippen molar-refractivity contribution in [1.82, 2.24) is 10.2 Å². The molecule has 2 unspecified atom stereocenters. The Bertz CT molecular complexity index is 441. The molecule has 0 aromatic heterocycles. The predicted molar refractivity (Wildman–Crippen MR) is 94.4 cm³/mol. The smallest absolute Gasteiger partial charge is 0.0230 e. The average Bonchev–Trinajstić information content (AvgIpc) is 2.41. The number of hydrogen-bond acceptors (Lipinski definition) is 2. The summed E-state index contributed by atoms with van der Waals surface area (Å²) in [7, 11) is 4.36. The van der Waals surface area contributed by atoms with Crippen molar-refractivity contribution in [2.45, 2.75) is 45.7 Å². The first-order valence-corrected chi connectivity index (χ1v) is 8.79. The lowest BCUT2D eigenvalue weighted by Crippen LogP contribution is -2.45. The van der Waals surface area contributed by atoms with Crippen LogP contribution in [0.15, 0.2) is 28.7 Å². The fraction of sp³-hybridized carbons (Fsp3) is 0.667. The van der Waals surface area contributed by atoms with E-state index >= 15 is 0 Å². The summed E-state index contributed by atoms with van der Waals surface area (Å²) in [6, 6.07) is 9.35. The highest BCUT2D eigenvalue weighted by atomic mass is 79.9. The molecule has 0 heterocycles. The van der Waals surface area contributed by atoms with Crippen LogP contribution in [0.3, 0.4) is 0 Å². The van der Waals surface area contributed by atoms with Gasteiger partial charge in [-0.05, 0) is 62.4 Å².